The highest BCUT2D eigenvalue weighted by Crippen LogP contribution is 2.24. The van der Waals surface area contributed by atoms with Crippen molar-refractivity contribution in [3.8, 4) is 0 Å². The van der Waals surface area contributed by atoms with E-state index in [1.165, 1.54) is 0 Å². The average molecular weight is 243 g/mol. The van der Waals surface area contributed by atoms with Crippen molar-refractivity contribution in [3.63, 3.8) is 0 Å². The van der Waals surface area contributed by atoms with Gasteiger partial charge in [0.15, 0.2) is 0 Å². The van der Waals surface area contributed by atoms with E-state index in [2.05, 4.69) is 43.1 Å². The summed E-state index contributed by atoms with van der Waals surface area (Å²) in [4.78, 5) is 4.66. The van der Waals surface area contributed by atoms with Gasteiger partial charge in [0, 0.05) is 32.2 Å². The summed E-state index contributed by atoms with van der Waals surface area (Å²) in [6.45, 7) is 8.47. The van der Waals surface area contributed by atoms with Crippen molar-refractivity contribution in [2.45, 2.75) is 32.4 Å². The van der Waals surface area contributed by atoms with Crippen LogP contribution in [0.2, 0.25) is 0 Å². The molecule has 4 heteroatoms. The second-order valence-electron chi connectivity index (χ2n) is 6.43. The Morgan fingerprint density at radius 2 is 2.06 bits per heavy atom. The van der Waals surface area contributed by atoms with Crippen LogP contribution in [0.15, 0.2) is 0 Å². The molecule has 2 atom stereocenters. The molecule has 0 spiro atoms. The Bertz CT molecular complexity index is 231. The fourth-order valence-corrected chi connectivity index (χ4v) is 2.85. The third-order valence-electron chi connectivity index (χ3n) is 3.37. The van der Waals surface area contributed by atoms with Crippen LogP contribution in [0.5, 0.6) is 0 Å². The first-order valence-corrected chi connectivity index (χ1v) is 6.55. The number of hydrogen-bond acceptors (Lipinski definition) is 4. The van der Waals surface area contributed by atoms with Crippen molar-refractivity contribution in [2.24, 2.45) is 5.41 Å². The summed E-state index contributed by atoms with van der Waals surface area (Å²) in [5.41, 5.74) is 0.253. The zero-order chi connectivity index (χ0) is 13.1. The van der Waals surface area contributed by atoms with Crippen LogP contribution in [-0.4, -0.2) is 74.4 Å². The van der Waals surface area contributed by atoms with Gasteiger partial charge in [-0.05, 0) is 33.0 Å². The van der Waals surface area contributed by atoms with Crippen molar-refractivity contribution < 1.29 is 5.11 Å². The molecule has 0 radical (unpaired) electrons. The molecule has 0 bridgehead atoms. The molecule has 0 aromatic carbocycles. The van der Waals surface area contributed by atoms with Gasteiger partial charge in [-0.15, -0.1) is 0 Å². The Labute approximate surface area is 106 Å². The number of aliphatic hydroxyl groups excluding tert-OH is 1. The molecule has 4 nitrogen and oxygen atoms in total. The topological polar surface area (TPSA) is 38.7 Å². The Hall–Kier alpha value is -0.160. The van der Waals surface area contributed by atoms with Gasteiger partial charge in [-0.3, -0.25) is 4.90 Å². The molecule has 1 heterocycles. The highest BCUT2D eigenvalue weighted by molar-refractivity contribution is 4.89. The fourth-order valence-electron chi connectivity index (χ4n) is 2.85. The number of rotatable bonds is 6. The van der Waals surface area contributed by atoms with E-state index in [9.17, 15) is 5.11 Å². The lowest BCUT2D eigenvalue weighted by molar-refractivity contribution is 0.131. The molecule has 0 aromatic rings. The van der Waals surface area contributed by atoms with Gasteiger partial charge in [0.05, 0.1) is 6.10 Å². The van der Waals surface area contributed by atoms with E-state index in [1.807, 2.05) is 7.05 Å². The van der Waals surface area contributed by atoms with Gasteiger partial charge in [0.2, 0.25) is 0 Å². The van der Waals surface area contributed by atoms with Crippen LogP contribution < -0.4 is 5.32 Å². The van der Waals surface area contributed by atoms with E-state index in [4.69, 9.17) is 0 Å². The summed E-state index contributed by atoms with van der Waals surface area (Å²) in [5, 5.41) is 13.1. The van der Waals surface area contributed by atoms with Crippen LogP contribution >= 0.6 is 0 Å². The Morgan fingerprint density at radius 3 is 2.59 bits per heavy atom. The second-order valence-corrected chi connectivity index (χ2v) is 6.43. The van der Waals surface area contributed by atoms with E-state index in [-0.39, 0.29) is 11.5 Å². The Kier molecular flexibility index (Phi) is 5.38. The second kappa shape index (κ2) is 6.14. The average Bonchev–Trinajstić information content (AvgIpc) is 2.43. The number of aliphatic hydroxyl groups is 1. The molecule has 102 valence electrons. The van der Waals surface area contributed by atoms with E-state index < -0.39 is 0 Å². The van der Waals surface area contributed by atoms with Crippen LogP contribution in [0.1, 0.15) is 20.3 Å². The highest BCUT2D eigenvalue weighted by atomic mass is 16.3. The van der Waals surface area contributed by atoms with Gasteiger partial charge in [-0.2, -0.15) is 0 Å². The molecule has 0 amide bonds. The minimum Gasteiger partial charge on any atom is -0.392 e. The lowest BCUT2D eigenvalue weighted by atomic mass is 9.92. The Morgan fingerprint density at radius 1 is 1.41 bits per heavy atom. The van der Waals surface area contributed by atoms with E-state index in [0.29, 0.717) is 6.04 Å². The molecule has 2 unspecified atom stereocenters. The number of nitrogens with zero attached hydrogens (tertiary/aromatic N) is 2. The molecular formula is C13H29N3O. The lowest BCUT2D eigenvalue weighted by Crippen LogP contribution is -2.45. The quantitative estimate of drug-likeness (QED) is 0.700. The molecule has 1 saturated heterocycles. The van der Waals surface area contributed by atoms with Crippen molar-refractivity contribution in [3.05, 3.63) is 0 Å². The van der Waals surface area contributed by atoms with Gasteiger partial charge in [-0.1, -0.05) is 13.8 Å². The first-order chi connectivity index (χ1) is 7.84. The van der Waals surface area contributed by atoms with E-state index in [0.717, 1.165) is 32.6 Å². The van der Waals surface area contributed by atoms with Crippen molar-refractivity contribution in [1.82, 2.24) is 15.1 Å². The zero-order valence-electron chi connectivity index (χ0n) is 12.0. The summed E-state index contributed by atoms with van der Waals surface area (Å²) in [7, 11) is 6.20. The molecule has 2 N–H and O–H groups in total. The Balaban J connectivity index is 2.55. The standard InChI is InChI=1S/C13H29N3O/c1-13(2,9-14-3)10-16-8-12(17)6-11(16)7-15(4)5/h11-12,14,17H,6-10H2,1-5H3. The third kappa shape index (κ3) is 4.92. The van der Waals surface area contributed by atoms with Crippen LogP contribution in [0.25, 0.3) is 0 Å². The SMILES string of the molecule is CNCC(C)(C)CN1CC(O)CC1CN(C)C. The molecule has 17 heavy (non-hydrogen) atoms. The minimum atomic E-state index is -0.148. The first-order valence-electron chi connectivity index (χ1n) is 6.55. The number of nitrogens with one attached hydrogen (secondary N) is 1. The number of β-amino-alcohol motifs (C(OH)–C–C–N with tert-alkyl or cyclic N) is 1. The molecule has 0 aromatic heterocycles. The molecule has 1 rings (SSSR count). The predicted molar refractivity (Wildman–Crippen MR) is 72.2 cm³/mol. The van der Waals surface area contributed by atoms with Gasteiger partial charge >= 0.3 is 0 Å². The zero-order valence-corrected chi connectivity index (χ0v) is 12.0. The predicted octanol–water partition coefficient (Wildman–Crippen LogP) is 0.229. The van der Waals surface area contributed by atoms with Crippen molar-refractivity contribution in [2.75, 3.05) is 47.3 Å². The first kappa shape index (κ1) is 14.9. The third-order valence-corrected chi connectivity index (χ3v) is 3.37. The van der Waals surface area contributed by atoms with Gasteiger partial charge in [-0.25, -0.2) is 0 Å². The number of likely N-dealkylation sites (tertiary alicyclic amines) is 1. The van der Waals surface area contributed by atoms with Crippen LogP contribution in [0.4, 0.5) is 0 Å². The maximum atomic E-state index is 9.83. The lowest BCUT2D eigenvalue weighted by Gasteiger charge is -2.34. The monoisotopic (exact) mass is 243 g/mol. The molecule has 1 aliphatic rings. The van der Waals surface area contributed by atoms with Gasteiger partial charge in [0.1, 0.15) is 0 Å². The summed E-state index contributed by atoms with van der Waals surface area (Å²) in [6, 6.07) is 0.496. The molecular weight excluding hydrogens is 214 g/mol. The van der Waals surface area contributed by atoms with Crippen molar-refractivity contribution in [1.29, 1.82) is 0 Å². The summed E-state index contributed by atoms with van der Waals surface area (Å²) in [6.07, 6.45) is 0.763. The number of likely N-dealkylation sites (N-methyl/N-ethyl adjacent to an activating group) is 1. The minimum absolute atomic E-state index is 0.148. The van der Waals surface area contributed by atoms with E-state index >= 15 is 0 Å². The van der Waals surface area contributed by atoms with Gasteiger partial charge < -0.3 is 15.3 Å². The maximum Gasteiger partial charge on any atom is 0.0682 e. The molecule has 1 fully saturated rings. The van der Waals surface area contributed by atoms with Crippen LogP contribution in [-0.2, 0) is 0 Å². The molecule has 0 saturated carbocycles. The highest BCUT2D eigenvalue weighted by Gasteiger charge is 2.34. The van der Waals surface area contributed by atoms with Gasteiger partial charge in [0.25, 0.3) is 0 Å². The summed E-state index contributed by atoms with van der Waals surface area (Å²) < 4.78 is 0. The molecule has 1 aliphatic heterocycles. The number of hydrogen-bond donors (Lipinski definition) is 2. The normalized spacial score (nSPS) is 27.0. The van der Waals surface area contributed by atoms with Crippen molar-refractivity contribution >= 4 is 0 Å². The fraction of sp³-hybridized carbons (Fsp3) is 1.00. The van der Waals surface area contributed by atoms with Crippen LogP contribution in [0, 0.1) is 5.41 Å². The largest absolute Gasteiger partial charge is 0.392 e. The smallest absolute Gasteiger partial charge is 0.0682 e. The molecule has 0 aliphatic carbocycles. The maximum absolute atomic E-state index is 9.83. The summed E-state index contributed by atoms with van der Waals surface area (Å²) in [5.74, 6) is 0. The summed E-state index contributed by atoms with van der Waals surface area (Å²) >= 11 is 0. The van der Waals surface area contributed by atoms with Crippen LogP contribution in [0.3, 0.4) is 0 Å². The van der Waals surface area contributed by atoms with E-state index in [1.54, 1.807) is 0 Å².